The fraction of sp³-hybridized carbons (Fsp3) is 0.571. The fourth-order valence-electron chi connectivity index (χ4n) is 2.82. The Morgan fingerprint density at radius 3 is 3.11 bits per heavy atom. The summed E-state index contributed by atoms with van der Waals surface area (Å²) in [5, 5.41) is 12.6. The van der Waals surface area contributed by atoms with Gasteiger partial charge >= 0.3 is 0 Å². The third kappa shape index (κ3) is 2.32. The molecule has 2 rings (SSSR count). The second-order valence-electron chi connectivity index (χ2n) is 5.14. The molecular weight excluding hydrogens is 224 g/mol. The SMILES string of the molecule is CC1CCCCC1(CN)Nc1cccnc1C#N. The minimum atomic E-state index is -0.0904. The van der Waals surface area contributed by atoms with Crippen molar-refractivity contribution in [2.24, 2.45) is 11.7 Å². The van der Waals surface area contributed by atoms with Gasteiger partial charge in [-0.1, -0.05) is 19.8 Å². The maximum atomic E-state index is 9.09. The molecule has 1 aromatic heterocycles. The summed E-state index contributed by atoms with van der Waals surface area (Å²) in [5.41, 5.74) is 7.16. The van der Waals surface area contributed by atoms with E-state index in [0.717, 1.165) is 12.1 Å². The maximum Gasteiger partial charge on any atom is 0.163 e. The number of nitrogens with two attached hydrogens (primary N) is 1. The number of nitrogens with one attached hydrogen (secondary N) is 1. The molecule has 3 N–H and O–H groups in total. The van der Waals surface area contributed by atoms with Gasteiger partial charge < -0.3 is 11.1 Å². The van der Waals surface area contributed by atoms with Gasteiger partial charge in [-0.2, -0.15) is 5.26 Å². The summed E-state index contributed by atoms with van der Waals surface area (Å²) in [5.74, 6) is 0.517. The van der Waals surface area contributed by atoms with Crippen molar-refractivity contribution in [3.63, 3.8) is 0 Å². The van der Waals surface area contributed by atoms with E-state index in [9.17, 15) is 0 Å². The van der Waals surface area contributed by atoms with Crippen LogP contribution >= 0.6 is 0 Å². The van der Waals surface area contributed by atoms with Crippen molar-refractivity contribution in [3.05, 3.63) is 24.0 Å². The number of pyridine rings is 1. The molecule has 0 radical (unpaired) electrons. The summed E-state index contributed by atoms with van der Waals surface area (Å²) in [6.07, 6.45) is 6.35. The van der Waals surface area contributed by atoms with Gasteiger partial charge in [-0.05, 0) is 30.9 Å². The molecule has 0 spiro atoms. The topological polar surface area (TPSA) is 74.7 Å². The van der Waals surface area contributed by atoms with Gasteiger partial charge in [0.2, 0.25) is 0 Å². The zero-order valence-electron chi connectivity index (χ0n) is 10.8. The van der Waals surface area contributed by atoms with Crippen molar-refractivity contribution in [1.82, 2.24) is 4.98 Å². The van der Waals surface area contributed by atoms with Crippen molar-refractivity contribution in [2.75, 3.05) is 11.9 Å². The van der Waals surface area contributed by atoms with Gasteiger partial charge in [0.05, 0.1) is 11.2 Å². The average Bonchev–Trinajstić information content (AvgIpc) is 2.42. The first-order valence-corrected chi connectivity index (χ1v) is 6.55. The zero-order valence-corrected chi connectivity index (χ0v) is 10.8. The lowest BCUT2D eigenvalue weighted by molar-refractivity contribution is 0.235. The third-order valence-corrected chi connectivity index (χ3v) is 4.11. The molecule has 4 nitrogen and oxygen atoms in total. The van der Waals surface area contributed by atoms with E-state index >= 15 is 0 Å². The van der Waals surface area contributed by atoms with E-state index in [2.05, 4.69) is 23.3 Å². The van der Waals surface area contributed by atoms with Crippen molar-refractivity contribution in [2.45, 2.75) is 38.1 Å². The van der Waals surface area contributed by atoms with Crippen molar-refractivity contribution < 1.29 is 0 Å². The molecule has 0 amide bonds. The largest absolute Gasteiger partial charge is 0.376 e. The zero-order chi connectivity index (χ0) is 13.0. The Balaban J connectivity index is 2.27. The van der Waals surface area contributed by atoms with E-state index < -0.39 is 0 Å². The minimum absolute atomic E-state index is 0.0904. The standard InChI is InChI=1S/C14H20N4/c1-11-5-2-3-7-14(11,10-16)18-12-6-4-8-17-13(12)9-15/h4,6,8,11,18H,2-3,5,7,10,16H2,1H3. The van der Waals surface area contributed by atoms with Crippen molar-refractivity contribution in [3.8, 4) is 6.07 Å². The fourth-order valence-corrected chi connectivity index (χ4v) is 2.82. The Kier molecular flexibility index (Phi) is 3.83. The van der Waals surface area contributed by atoms with Crippen LogP contribution in [0.3, 0.4) is 0 Å². The van der Waals surface area contributed by atoms with E-state index in [1.54, 1.807) is 6.20 Å². The molecule has 1 aliphatic carbocycles. The monoisotopic (exact) mass is 244 g/mol. The Morgan fingerprint density at radius 1 is 1.61 bits per heavy atom. The summed E-state index contributed by atoms with van der Waals surface area (Å²) in [4.78, 5) is 4.09. The first kappa shape index (κ1) is 12.8. The third-order valence-electron chi connectivity index (χ3n) is 4.11. The Morgan fingerprint density at radius 2 is 2.44 bits per heavy atom. The van der Waals surface area contributed by atoms with Crippen LogP contribution in [0.15, 0.2) is 18.3 Å². The van der Waals surface area contributed by atoms with Gasteiger partial charge in [0, 0.05) is 12.7 Å². The number of aromatic nitrogens is 1. The molecule has 1 saturated carbocycles. The summed E-state index contributed by atoms with van der Waals surface area (Å²) < 4.78 is 0. The molecule has 4 heteroatoms. The van der Waals surface area contributed by atoms with E-state index in [-0.39, 0.29) is 5.54 Å². The molecule has 96 valence electrons. The highest BCUT2D eigenvalue weighted by Gasteiger charge is 2.37. The highest BCUT2D eigenvalue weighted by atomic mass is 15.0. The Labute approximate surface area is 108 Å². The van der Waals surface area contributed by atoms with E-state index in [4.69, 9.17) is 11.0 Å². The molecule has 18 heavy (non-hydrogen) atoms. The number of nitriles is 1. The van der Waals surface area contributed by atoms with Crippen LogP contribution in [0, 0.1) is 17.2 Å². The highest BCUT2D eigenvalue weighted by Crippen LogP contribution is 2.36. The van der Waals surface area contributed by atoms with Crippen LogP contribution in [0.1, 0.15) is 38.3 Å². The lowest BCUT2D eigenvalue weighted by atomic mass is 9.73. The van der Waals surface area contributed by atoms with Gasteiger partial charge in [-0.25, -0.2) is 4.98 Å². The Hall–Kier alpha value is -1.60. The first-order valence-electron chi connectivity index (χ1n) is 6.55. The predicted octanol–water partition coefficient (Wildman–Crippen LogP) is 2.27. The van der Waals surface area contributed by atoms with Gasteiger partial charge in [0.25, 0.3) is 0 Å². The van der Waals surface area contributed by atoms with Crippen LogP contribution in [-0.4, -0.2) is 17.1 Å². The number of hydrogen-bond acceptors (Lipinski definition) is 4. The smallest absolute Gasteiger partial charge is 0.163 e. The second-order valence-corrected chi connectivity index (χ2v) is 5.14. The number of rotatable bonds is 3. The molecule has 0 saturated heterocycles. The predicted molar refractivity (Wildman–Crippen MR) is 72.0 cm³/mol. The molecule has 1 aliphatic rings. The number of hydrogen-bond donors (Lipinski definition) is 2. The van der Waals surface area contributed by atoms with Crippen molar-refractivity contribution >= 4 is 5.69 Å². The molecule has 0 bridgehead atoms. The van der Waals surface area contributed by atoms with Crippen LogP contribution in [0.25, 0.3) is 0 Å². The average molecular weight is 244 g/mol. The molecule has 0 aliphatic heterocycles. The van der Waals surface area contributed by atoms with Gasteiger partial charge in [-0.3, -0.25) is 0 Å². The molecule has 1 heterocycles. The molecule has 2 atom stereocenters. The van der Waals surface area contributed by atoms with Crippen LogP contribution < -0.4 is 11.1 Å². The first-order chi connectivity index (χ1) is 8.72. The molecular formula is C14H20N4. The lowest BCUT2D eigenvalue weighted by Crippen LogP contribution is -2.52. The van der Waals surface area contributed by atoms with Crippen LogP contribution in [-0.2, 0) is 0 Å². The summed E-state index contributed by atoms with van der Waals surface area (Å²) in [6.45, 7) is 2.83. The summed E-state index contributed by atoms with van der Waals surface area (Å²) >= 11 is 0. The van der Waals surface area contributed by atoms with E-state index in [1.807, 2.05) is 12.1 Å². The maximum absolute atomic E-state index is 9.09. The summed E-state index contributed by atoms with van der Waals surface area (Å²) in [7, 11) is 0. The molecule has 2 unspecified atom stereocenters. The van der Waals surface area contributed by atoms with Gasteiger partial charge in [0.15, 0.2) is 5.69 Å². The Bertz CT molecular complexity index is 451. The normalized spacial score (nSPS) is 27.5. The van der Waals surface area contributed by atoms with Gasteiger partial charge in [0.1, 0.15) is 6.07 Å². The lowest BCUT2D eigenvalue weighted by Gasteiger charge is -2.43. The van der Waals surface area contributed by atoms with Gasteiger partial charge in [-0.15, -0.1) is 0 Å². The molecule has 0 aromatic carbocycles. The van der Waals surface area contributed by atoms with Crippen LogP contribution in [0.2, 0.25) is 0 Å². The molecule has 1 fully saturated rings. The quantitative estimate of drug-likeness (QED) is 0.855. The van der Waals surface area contributed by atoms with Crippen LogP contribution in [0.5, 0.6) is 0 Å². The van der Waals surface area contributed by atoms with E-state index in [1.165, 1.54) is 19.3 Å². The molecule has 1 aromatic rings. The highest BCUT2D eigenvalue weighted by molar-refractivity contribution is 5.55. The number of nitrogens with zero attached hydrogens (tertiary/aromatic N) is 2. The second kappa shape index (κ2) is 5.36. The van der Waals surface area contributed by atoms with Crippen LogP contribution in [0.4, 0.5) is 5.69 Å². The number of anilines is 1. The van der Waals surface area contributed by atoms with Crippen molar-refractivity contribution in [1.29, 1.82) is 5.26 Å². The minimum Gasteiger partial charge on any atom is -0.376 e. The van der Waals surface area contributed by atoms with E-state index in [0.29, 0.717) is 18.2 Å². The summed E-state index contributed by atoms with van der Waals surface area (Å²) in [6, 6.07) is 5.88.